The summed E-state index contributed by atoms with van der Waals surface area (Å²) in [5, 5.41) is 29.2. The number of H-pyrrole nitrogens is 3. The summed E-state index contributed by atoms with van der Waals surface area (Å²) >= 11 is 0. The van der Waals surface area contributed by atoms with Gasteiger partial charge in [-0.25, -0.2) is 0 Å². The van der Waals surface area contributed by atoms with Crippen LogP contribution < -0.4 is 10.6 Å². The first-order valence-electron chi connectivity index (χ1n) is 16.1. The smallest absolute Gasteiger partial charge is 0.246 e. The van der Waals surface area contributed by atoms with Crippen molar-refractivity contribution in [2.75, 3.05) is 66.1 Å². The largest absolute Gasteiger partial charge is 0.379 e. The molecule has 3 aromatic heterocycles. The van der Waals surface area contributed by atoms with E-state index in [-0.39, 0.29) is 83.6 Å². The molecule has 0 aliphatic heterocycles. The molecule has 0 bridgehead atoms. The fourth-order valence-electron chi connectivity index (χ4n) is 4.00. The topological polar surface area (TPSA) is 263 Å². The van der Waals surface area contributed by atoms with Crippen molar-refractivity contribution in [3.63, 3.8) is 0 Å². The molecule has 20 heteroatoms. The number of amides is 2. The van der Waals surface area contributed by atoms with Crippen LogP contribution in [-0.4, -0.2) is 136 Å². The predicted molar refractivity (Wildman–Crippen MR) is 158 cm³/mol. The maximum Gasteiger partial charge on any atom is 0.246 e. The van der Waals surface area contributed by atoms with Crippen LogP contribution in [0.3, 0.4) is 0 Å². The summed E-state index contributed by atoms with van der Waals surface area (Å²) in [6.07, 6.45) is 4.10. The first kappa shape index (κ1) is 32.4. The Labute approximate surface area is 274 Å². The van der Waals surface area contributed by atoms with E-state index in [9.17, 15) is 19.2 Å². The third-order valence-corrected chi connectivity index (χ3v) is 6.25. The summed E-state index contributed by atoms with van der Waals surface area (Å²) in [5.74, 6) is -1.67. The molecule has 3 rings (SSSR count). The molecule has 20 nitrogen and oxygen atoms in total. The third-order valence-electron chi connectivity index (χ3n) is 6.25. The van der Waals surface area contributed by atoms with E-state index >= 15 is 0 Å². The van der Waals surface area contributed by atoms with Gasteiger partial charge in [0.25, 0.3) is 0 Å². The zero-order chi connectivity index (χ0) is 36.2. The van der Waals surface area contributed by atoms with Gasteiger partial charge in [-0.15, -0.1) is 15.3 Å². The number of ether oxygens (including phenoxy) is 5. The van der Waals surface area contributed by atoms with E-state index in [1.165, 1.54) is 18.6 Å². The molecule has 0 saturated carbocycles. The van der Waals surface area contributed by atoms with Gasteiger partial charge in [-0.05, 0) is 6.92 Å². The quantitative estimate of drug-likeness (QED) is 0.0563. The van der Waals surface area contributed by atoms with Gasteiger partial charge in [0.2, 0.25) is 11.8 Å². The van der Waals surface area contributed by atoms with E-state index in [2.05, 4.69) is 41.6 Å². The van der Waals surface area contributed by atoms with Crippen LogP contribution in [0, 0.1) is 5.41 Å². The van der Waals surface area contributed by atoms with Gasteiger partial charge in [-0.1, -0.05) is 15.6 Å². The van der Waals surface area contributed by atoms with E-state index < -0.39 is 30.4 Å². The molecule has 0 aliphatic rings. The van der Waals surface area contributed by atoms with Gasteiger partial charge < -0.3 is 34.3 Å². The molecule has 0 fully saturated rings. The summed E-state index contributed by atoms with van der Waals surface area (Å²) < 4.78 is 50.0. The zero-order valence-electron chi connectivity index (χ0n) is 29.0. The van der Waals surface area contributed by atoms with Crippen LogP contribution in [0.1, 0.15) is 36.8 Å². The second-order valence-corrected chi connectivity index (χ2v) is 10.3. The highest BCUT2D eigenvalue weighted by Crippen LogP contribution is 2.25. The van der Waals surface area contributed by atoms with Crippen LogP contribution in [0.4, 0.5) is 0 Å². The number of rotatable bonds is 27. The van der Waals surface area contributed by atoms with Gasteiger partial charge >= 0.3 is 0 Å². The van der Waals surface area contributed by atoms with Gasteiger partial charge in [0.1, 0.15) is 37.8 Å². The maximum absolute atomic E-state index is 13.1. The van der Waals surface area contributed by atoms with Crippen LogP contribution in [0.2, 0.25) is 4.24 Å². The van der Waals surface area contributed by atoms with Crippen molar-refractivity contribution in [1.82, 2.24) is 56.8 Å². The fraction of sp³-hybridized carbons (Fsp3) is 0.630. The van der Waals surface area contributed by atoms with Crippen molar-refractivity contribution in [3.8, 4) is 0 Å². The first-order valence-corrected chi connectivity index (χ1v) is 14.7. The Morgan fingerprint density at radius 3 is 1.70 bits per heavy atom. The Hall–Kier alpha value is -4.50. The molecular formula is C27H41N11O9. The first-order chi connectivity index (χ1) is 24.1. The number of aromatic nitrogens is 9. The van der Waals surface area contributed by atoms with Crippen LogP contribution >= 0.6 is 0 Å². The zero-order valence-corrected chi connectivity index (χ0v) is 26.0. The minimum Gasteiger partial charge on any atom is -0.379 e. The summed E-state index contributed by atoms with van der Waals surface area (Å²) in [7, 11) is 0. The summed E-state index contributed by atoms with van der Waals surface area (Å²) in [6, 6.07) is 0. The lowest BCUT2D eigenvalue weighted by Crippen LogP contribution is -2.42. The minimum atomic E-state index is -1.27. The molecular weight excluding hydrogens is 622 g/mol. The second kappa shape index (κ2) is 21.3. The Balaban J connectivity index is 1.64. The highest BCUT2D eigenvalue weighted by Gasteiger charge is 2.35. The molecule has 47 heavy (non-hydrogen) atoms. The lowest BCUT2D eigenvalue weighted by Gasteiger charge is -2.32. The normalized spacial score (nSPS) is 12.3. The molecule has 3 heterocycles. The number of hydrogen-bond donors (Lipinski definition) is 5. The number of aromatic amines is 3. The van der Waals surface area contributed by atoms with Crippen LogP contribution in [0.25, 0.3) is 0 Å². The molecule has 0 aliphatic carbocycles. The predicted octanol–water partition coefficient (Wildman–Crippen LogP) is -1.78. The highest BCUT2D eigenvalue weighted by molar-refractivity contribution is 5.81. The van der Waals surface area contributed by atoms with E-state index in [0.29, 0.717) is 30.3 Å². The molecule has 5 N–H and O–H groups in total. The number of hydrogen-bond acceptors (Lipinski definition) is 15. The molecule has 0 spiro atoms. The molecule has 0 unspecified atom stereocenters. The van der Waals surface area contributed by atoms with Crippen LogP contribution in [0.5, 0.6) is 0 Å². The van der Waals surface area contributed by atoms with E-state index in [0.717, 1.165) is 15.3 Å². The Morgan fingerprint density at radius 1 is 0.702 bits per heavy atom. The molecule has 2 amide bonds. The number of aryl methyl sites for hydroxylation is 1. The number of ketones is 2. The average Bonchev–Trinajstić information content (AvgIpc) is 3.82. The van der Waals surface area contributed by atoms with Crippen molar-refractivity contribution < 1.29 is 47.1 Å². The summed E-state index contributed by atoms with van der Waals surface area (Å²) in [5.41, 5.74) is -0.0895. The molecule has 0 saturated heterocycles. The Bertz CT molecular complexity index is 1350. The standard InChI is InChI=1S/C27H41N11O9/c1-2-43-5-6-44-14-24(40)7-27(17-45-13-23(39)4-3-20-10-30-36-33-20,18-46-15-25(41)28-8-21-11-31-37-34-21)19-47-16-26(42)29-9-22-12-32-38-35-22/h10-12H,2-9,13-19H2,1H3,(H,28,41)(H,29,42)(H,30,33,36)(H,31,34,37)(H,32,35,38)/i/hD3. The van der Waals surface area contributed by atoms with Gasteiger partial charge in [-0.2, -0.15) is 0 Å². The lowest BCUT2D eigenvalue weighted by atomic mass is 9.85. The number of carbonyl (C=O) groups excluding carboxylic acids is 4. The third kappa shape index (κ3) is 15.6. The van der Waals surface area contributed by atoms with E-state index in [4.69, 9.17) is 27.9 Å². The molecule has 0 atom stereocenters. The van der Waals surface area contributed by atoms with Crippen molar-refractivity contribution in [1.29, 1.82) is 0 Å². The summed E-state index contributed by atoms with van der Waals surface area (Å²) in [6.45, 7) is 0.635. The lowest BCUT2D eigenvalue weighted by molar-refractivity contribution is -0.140. The Morgan fingerprint density at radius 2 is 1.19 bits per heavy atom. The van der Waals surface area contributed by atoms with Crippen molar-refractivity contribution in [3.05, 3.63) is 35.7 Å². The van der Waals surface area contributed by atoms with Gasteiger partial charge in [0.15, 0.2) is 15.8 Å². The Kier molecular flexibility index (Phi) is 14.7. The SMILES string of the molecule is [2H]n1cc(CCC(=O)COCC(COCC(=O)NCc2cn([2H])nn2)(COCC(=O)NCc2cn([2H])nn2)CC(=O)COCCOCC)nn1. The highest BCUT2D eigenvalue weighted by atomic mass is 16.5. The number of nitrogens with zero attached hydrogens (tertiary/aromatic N) is 6. The van der Waals surface area contributed by atoms with Crippen molar-refractivity contribution >= 4 is 23.4 Å². The summed E-state index contributed by atoms with van der Waals surface area (Å²) in [4.78, 5) is 50.7. The van der Waals surface area contributed by atoms with Crippen LogP contribution in [-0.2, 0) is 62.4 Å². The van der Waals surface area contributed by atoms with E-state index in [1.807, 2.05) is 6.92 Å². The van der Waals surface area contributed by atoms with Gasteiger partial charge in [-0.3, -0.25) is 34.5 Å². The number of Topliss-reactive ketones (excluding diaryl/α,β-unsaturated/α-hetero) is 2. The van der Waals surface area contributed by atoms with Gasteiger partial charge in [0.05, 0.1) is 51.8 Å². The van der Waals surface area contributed by atoms with E-state index in [1.54, 1.807) is 0 Å². The minimum absolute atomic E-state index is 0.00341. The maximum atomic E-state index is 13.1. The molecule has 0 aromatic carbocycles. The second-order valence-electron chi connectivity index (χ2n) is 10.3. The average molecular weight is 667 g/mol. The number of carbonyl (C=O) groups is 4. The number of nitrogens with one attached hydrogen (secondary N) is 5. The molecule has 258 valence electrons. The van der Waals surface area contributed by atoms with Crippen molar-refractivity contribution in [2.24, 2.45) is 5.41 Å². The van der Waals surface area contributed by atoms with Crippen LogP contribution in [0.15, 0.2) is 18.6 Å². The monoisotopic (exact) mass is 666 g/mol. The molecule has 3 aromatic rings. The van der Waals surface area contributed by atoms with Crippen molar-refractivity contribution in [2.45, 2.75) is 39.3 Å². The molecule has 0 radical (unpaired) electrons. The van der Waals surface area contributed by atoms with Gasteiger partial charge in [0, 0.05) is 49.9 Å². The fourth-order valence-corrected chi connectivity index (χ4v) is 4.00.